The van der Waals surface area contributed by atoms with Gasteiger partial charge in [-0.15, -0.1) is 0 Å². The third kappa shape index (κ3) is 3.48. The van der Waals surface area contributed by atoms with Crippen LogP contribution in [0.3, 0.4) is 0 Å². The first kappa shape index (κ1) is 17.8. The summed E-state index contributed by atoms with van der Waals surface area (Å²) in [6.07, 6.45) is 1.70. The number of ether oxygens (including phenoxy) is 1. The molecule has 6 heteroatoms. The maximum absolute atomic E-state index is 12.6. The van der Waals surface area contributed by atoms with E-state index in [4.69, 9.17) is 4.74 Å². The minimum Gasteiger partial charge on any atom is -0.496 e. The van der Waals surface area contributed by atoms with Crippen LogP contribution in [0.2, 0.25) is 0 Å². The number of carbonyl (C=O) groups excluding carboxylic acids is 2. The molecule has 2 aromatic carbocycles. The van der Waals surface area contributed by atoms with Gasteiger partial charge in [-0.05, 0) is 59.7 Å². The topological polar surface area (TPSA) is 70.4 Å². The largest absolute Gasteiger partial charge is 0.496 e. The van der Waals surface area contributed by atoms with Crippen LogP contribution >= 0.6 is 11.8 Å². The summed E-state index contributed by atoms with van der Waals surface area (Å²) in [7, 11) is 1.60. The van der Waals surface area contributed by atoms with Crippen molar-refractivity contribution in [3.8, 4) is 11.8 Å². The maximum Gasteiger partial charge on any atom is 0.293 e. The second-order valence-corrected chi connectivity index (χ2v) is 6.76. The molecule has 3 rings (SSSR count). The Labute approximate surface area is 155 Å². The zero-order valence-corrected chi connectivity index (χ0v) is 15.2. The van der Waals surface area contributed by atoms with Gasteiger partial charge < -0.3 is 4.74 Å². The van der Waals surface area contributed by atoms with Crippen molar-refractivity contribution in [2.24, 2.45) is 0 Å². The van der Waals surface area contributed by atoms with Crippen molar-refractivity contribution >= 4 is 29.0 Å². The van der Waals surface area contributed by atoms with Crippen LogP contribution in [-0.2, 0) is 11.3 Å². The van der Waals surface area contributed by atoms with Gasteiger partial charge in [0.25, 0.3) is 11.1 Å². The van der Waals surface area contributed by atoms with Crippen LogP contribution < -0.4 is 4.74 Å². The van der Waals surface area contributed by atoms with Crippen molar-refractivity contribution in [1.82, 2.24) is 4.90 Å². The summed E-state index contributed by atoms with van der Waals surface area (Å²) in [5, 5.41) is 8.84. The molecule has 1 saturated heterocycles. The van der Waals surface area contributed by atoms with Crippen LogP contribution in [0.4, 0.5) is 4.79 Å². The fourth-order valence-electron chi connectivity index (χ4n) is 2.72. The molecule has 0 N–H and O–H groups in total. The summed E-state index contributed by atoms with van der Waals surface area (Å²) in [6, 6.07) is 14.6. The third-order valence-corrected chi connectivity index (χ3v) is 4.96. The average Bonchev–Trinajstić information content (AvgIpc) is 2.90. The first-order valence-electron chi connectivity index (χ1n) is 7.91. The molecule has 0 atom stereocenters. The molecular formula is C20H16N2O3S. The van der Waals surface area contributed by atoms with E-state index in [0.717, 1.165) is 28.6 Å². The third-order valence-electron chi connectivity index (χ3n) is 4.06. The van der Waals surface area contributed by atoms with Crippen molar-refractivity contribution in [2.45, 2.75) is 13.5 Å². The minimum atomic E-state index is -0.346. The molecule has 0 saturated carbocycles. The van der Waals surface area contributed by atoms with E-state index in [2.05, 4.69) is 6.07 Å². The van der Waals surface area contributed by atoms with E-state index in [-0.39, 0.29) is 17.7 Å². The van der Waals surface area contributed by atoms with Crippen molar-refractivity contribution < 1.29 is 14.3 Å². The van der Waals surface area contributed by atoms with Crippen LogP contribution in [0.5, 0.6) is 5.75 Å². The van der Waals surface area contributed by atoms with Gasteiger partial charge in [0.15, 0.2) is 0 Å². The lowest BCUT2D eigenvalue weighted by molar-refractivity contribution is -0.123. The Morgan fingerprint density at radius 1 is 1.23 bits per heavy atom. The number of benzene rings is 2. The SMILES string of the molecule is COc1ccc(/C=C2/SC(=O)N(Cc3ccccc3C#N)C2=O)cc1C. The van der Waals surface area contributed by atoms with Gasteiger partial charge in [0.2, 0.25) is 0 Å². The smallest absolute Gasteiger partial charge is 0.293 e. The maximum atomic E-state index is 12.6. The summed E-state index contributed by atoms with van der Waals surface area (Å²) < 4.78 is 5.23. The highest BCUT2D eigenvalue weighted by atomic mass is 32.2. The Kier molecular flexibility index (Phi) is 5.10. The number of thioether (sulfide) groups is 1. The van der Waals surface area contributed by atoms with Crippen LogP contribution in [0.15, 0.2) is 47.4 Å². The summed E-state index contributed by atoms with van der Waals surface area (Å²) >= 11 is 0.910. The quantitative estimate of drug-likeness (QED) is 0.764. The number of carbonyl (C=O) groups is 2. The number of rotatable bonds is 4. The summed E-state index contributed by atoms with van der Waals surface area (Å²) in [4.78, 5) is 26.5. The molecule has 5 nitrogen and oxygen atoms in total. The van der Waals surface area contributed by atoms with Gasteiger partial charge in [0, 0.05) is 0 Å². The zero-order valence-electron chi connectivity index (χ0n) is 14.4. The predicted octanol–water partition coefficient (Wildman–Crippen LogP) is 4.11. The number of nitrogens with zero attached hydrogens (tertiary/aromatic N) is 2. The molecule has 0 aliphatic carbocycles. The molecule has 130 valence electrons. The molecule has 1 heterocycles. The number of nitriles is 1. The highest BCUT2D eigenvalue weighted by Gasteiger charge is 2.35. The van der Waals surface area contributed by atoms with E-state index in [1.165, 1.54) is 4.90 Å². The molecule has 2 aromatic rings. The second kappa shape index (κ2) is 7.46. The van der Waals surface area contributed by atoms with E-state index in [1.54, 1.807) is 37.5 Å². The van der Waals surface area contributed by atoms with Crippen LogP contribution in [0, 0.1) is 18.3 Å². The highest BCUT2D eigenvalue weighted by molar-refractivity contribution is 8.18. The molecule has 0 unspecified atom stereocenters. The number of hydrogen-bond donors (Lipinski definition) is 0. The number of imide groups is 1. The fourth-order valence-corrected chi connectivity index (χ4v) is 3.55. The van der Waals surface area contributed by atoms with E-state index >= 15 is 0 Å². The lowest BCUT2D eigenvalue weighted by Crippen LogP contribution is -2.27. The molecule has 0 bridgehead atoms. The molecule has 1 fully saturated rings. The minimum absolute atomic E-state index is 0.0907. The van der Waals surface area contributed by atoms with Gasteiger partial charge in [-0.3, -0.25) is 14.5 Å². The average molecular weight is 364 g/mol. The van der Waals surface area contributed by atoms with Gasteiger partial charge in [0.1, 0.15) is 5.75 Å². The van der Waals surface area contributed by atoms with Crippen molar-refractivity contribution in [3.63, 3.8) is 0 Å². The molecule has 2 amide bonds. The molecule has 0 aromatic heterocycles. The van der Waals surface area contributed by atoms with Crippen LogP contribution in [0.25, 0.3) is 6.08 Å². The van der Waals surface area contributed by atoms with E-state index in [1.807, 2.05) is 25.1 Å². The lowest BCUT2D eigenvalue weighted by atomic mass is 10.1. The Morgan fingerprint density at radius 3 is 2.69 bits per heavy atom. The molecule has 1 aliphatic rings. The van der Waals surface area contributed by atoms with Gasteiger partial charge >= 0.3 is 0 Å². The predicted molar refractivity (Wildman–Crippen MR) is 100 cm³/mol. The Bertz CT molecular complexity index is 960. The summed E-state index contributed by atoms with van der Waals surface area (Å²) in [5.41, 5.74) is 2.88. The van der Waals surface area contributed by atoms with Gasteiger partial charge in [0.05, 0.1) is 30.2 Å². The van der Waals surface area contributed by atoms with Gasteiger partial charge in [-0.2, -0.15) is 5.26 Å². The Morgan fingerprint density at radius 2 is 2.00 bits per heavy atom. The standard InChI is InChI=1S/C20H16N2O3S/c1-13-9-14(7-8-17(13)25-2)10-18-19(23)22(20(24)26-18)12-16-6-4-3-5-15(16)11-21/h3-10H,12H2,1-2H3/b18-10+. The number of methoxy groups -OCH3 is 1. The summed E-state index contributed by atoms with van der Waals surface area (Å²) in [6.45, 7) is 2.01. The number of aryl methyl sites for hydroxylation is 1. The first-order chi connectivity index (χ1) is 12.5. The van der Waals surface area contributed by atoms with E-state index in [0.29, 0.717) is 16.0 Å². The Hall–Kier alpha value is -3.04. The van der Waals surface area contributed by atoms with Crippen molar-refractivity contribution in [3.05, 3.63) is 69.6 Å². The van der Waals surface area contributed by atoms with Crippen molar-refractivity contribution in [2.75, 3.05) is 7.11 Å². The monoisotopic (exact) mass is 364 g/mol. The molecule has 0 spiro atoms. The van der Waals surface area contributed by atoms with Gasteiger partial charge in [-0.1, -0.05) is 24.3 Å². The molecule has 1 aliphatic heterocycles. The molecule has 26 heavy (non-hydrogen) atoms. The highest BCUT2D eigenvalue weighted by Crippen LogP contribution is 2.34. The fraction of sp³-hybridized carbons (Fsp3) is 0.150. The molecular weight excluding hydrogens is 348 g/mol. The number of hydrogen-bond acceptors (Lipinski definition) is 5. The number of amides is 2. The van der Waals surface area contributed by atoms with Crippen LogP contribution in [-0.4, -0.2) is 23.2 Å². The second-order valence-electron chi connectivity index (χ2n) is 5.77. The van der Waals surface area contributed by atoms with Gasteiger partial charge in [-0.25, -0.2) is 0 Å². The van der Waals surface area contributed by atoms with E-state index in [9.17, 15) is 14.9 Å². The lowest BCUT2D eigenvalue weighted by Gasteiger charge is -2.13. The zero-order chi connectivity index (χ0) is 18.7. The van der Waals surface area contributed by atoms with Crippen molar-refractivity contribution in [1.29, 1.82) is 5.26 Å². The normalized spacial score (nSPS) is 15.4. The Balaban J connectivity index is 1.85. The van der Waals surface area contributed by atoms with Crippen LogP contribution in [0.1, 0.15) is 22.3 Å². The first-order valence-corrected chi connectivity index (χ1v) is 8.73. The van der Waals surface area contributed by atoms with E-state index < -0.39 is 0 Å². The summed E-state index contributed by atoms with van der Waals surface area (Å²) in [5.74, 6) is 0.421. The molecule has 0 radical (unpaired) electrons.